The Kier molecular flexibility index (Phi) is 11.7. The van der Waals surface area contributed by atoms with E-state index in [0.29, 0.717) is 55.7 Å². The van der Waals surface area contributed by atoms with Gasteiger partial charge in [-0.15, -0.1) is 34.0 Å². The second kappa shape index (κ2) is 14.9. The summed E-state index contributed by atoms with van der Waals surface area (Å²) in [5.41, 5.74) is 0.315. The van der Waals surface area contributed by atoms with E-state index in [1.165, 1.54) is 0 Å². The van der Waals surface area contributed by atoms with Crippen LogP contribution in [0.4, 0.5) is 17.6 Å². The highest BCUT2D eigenvalue weighted by Gasteiger charge is 2.20. The molecule has 4 nitrogen and oxygen atoms in total. The van der Waals surface area contributed by atoms with E-state index in [-0.39, 0.29) is 9.06 Å². The van der Waals surface area contributed by atoms with Gasteiger partial charge in [0.05, 0.1) is 27.2 Å². The van der Waals surface area contributed by atoms with Crippen LogP contribution in [0.15, 0.2) is 0 Å². The Morgan fingerprint density at radius 3 is 1.20 bits per heavy atom. The maximum Gasteiger partial charge on any atom is 0.179 e. The molecule has 0 saturated heterocycles. The Morgan fingerprint density at radius 1 is 0.512 bits per heavy atom. The zero-order valence-corrected chi connectivity index (χ0v) is 25.0. The molecule has 0 aromatic carbocycles. The van der Waals surface area contributed by atoms with Crippen molar-refractivity contribution in [3.8, 4) is 24.3 Å². The third kappa shape index (κ3) is 6.71. The number of rotatable bonds is 10. The average Bonchev–Trinajstić information content (AvgIpc) is 3.58. The highest BCUT2D eigenvalue weighted by molar-refractivity contribution is 7.13. The summed E-state index contributed by atoms with van der Waals surface area (Å²) in [6.45, 7) is 4.13. The summed E-state index contributed by atoms with van der Waals surface area (Å²) >= 11 is 2.31. The number of thiophene rings is 3. The Hall–Kier alpha value is -3.48. The number of halogens is 4. The molecule has 0 fully saturated rings. The molecule has 0 atom stereocenters. The van der Waals surface area contributed by atoms with Crippen molar-refractivity contribution >= 4 is 45.2 Å². The van der Waals surface area contributed by atoms with Gasteiger partial charge in [0, 0.05) is 0 Å². The van der Waals surface area contributed by atoms with Gasteiger partial charge in [0.2, 0.25) is 0 Å². The van der Waals surface area contributed by atoms with E-state index in [1.807, 2.05) is 0 Å². The lowest BCUT2D eigenvalue weighted by molar-refractivity contribution is 0.508. The van der Waals surface area contributed by atoms with E-state index in [1.54, 1.807) is 24.3 Å². The minimum Gasteiger partial charge on any atom is -0.202 e. The van der Waals surface area contributed by atoms with E-state index in [2.05, 4.69) is 13.8 Å². The fourth-order valence-corrected chi connectivity index (χ4v) is 8.21. The van der Waals surface area contributed by atoms with Crippen molar-refractivity contribution < 1.29 is 17.6 Å². The Balaban J connectivity index is 2.63. The highest BCUT2D eigenvalue weighted by atomic mass is 32.1. The molecule has 0 radical (unpaired) electrons. The van der Waals surface area contributed by atoms with Gasteiger partial charge in [0.25, 0.3) is 0 Å². The van der Waals surface area contributed by atoms with Gasteiger partial charge in [-0.25, -0.2) is 17.6 Å². The second-order valence-corrected chi connectivity index (χ2v) is 12.4. The number of hydrogen-bond donors (Lipinski definition) is 0. The molecule has 0 N–H and O–H groups in total. The van der Waals surface area contributed by atoms with E-state index in [4.69, 9.17) is 0 Å². The molecule has 0 aliphatic heterocycles. The zero-order valence-electron chi connectivity index (χ0n) is 22.6. The monoisotopic (exact) mass is 614 g/mol. The third-order valence-corrected chi connectivity index (χ3v) is 10.5. The van der Waals surface area contributed by atoms with E-state index >= 15 is 8.78 Å². The molecule has 0 unspecified atom stereocenters. The summed E-state index contributed by atoms with van der Waals surface area (Å²) in [4.78, 5) is 0. The van der Waals surface area contributed by atoms with Crippen molar-refractivity contribution in [1.82, 2.24) is 0 Å². The van der Waals surface area contributed by atoms with Crippen LogP contribution >= 0.6 is 34.0 Å². The molecule has 0 amide bonds. The van der Waals surface area contributed by atoms with Crippen LogP contribution in [0.3, 0.4) is 0 Å². The van der Waals surface area contributed by atoms with Crippen LogP contribution in [0.2, 0.25) is 0 Å². The Bertz CT molecular complexity index is 1760. The zero-order chi connectivity index (χ0) is 30.1. The summed E-state index contributed by atoms with van der Waals surface area (Å²) in [6.07, 6.45) is 8.16. The first kappa shape index (κ1) is 32.0. The lowest BCUT2D eigenvalue weighted by atomic mass is 9.99. The van der Waals surface area contributed by atoms with Gasteiger partial charge in [0.15, 0.2) is 23.3 Å². The van der Waals surface area contributed by atoms with E-state index < -0.39 is 43.5 Å². The van der Waals surface area contributed by atoms with Crippen molar-refractivity contribution in [3.63, 3.8) is 0 Å². The minimum absolute atomic E-state index is 0.101. The molecule has 3 aromatic rings. The van der Waals surface area contributed by atoms with Gasteiger partial charge < -0.3 is 0 Å². The van der Waals surface area contributed by atoms with Gasteiger partial charge in [-0.05, 0) is 36.8 Å². The standard InChI is InChI=1S/C30H26F4N4S3/c1-3-5-7-9-11-19-20(12-10-8-6-4-2)28(30-24(34)22(32)26(40-30)18(15-37)16-38)41-27(19)29-23(33)21(31)25(39-29)17(13-35)14-36/h3-12H2,1-2H3/b29-27-,30-28+. The summed E-state index contributed by atoms with van der Waals surface area (Å²) in [7, 11) is 0. The normalized spacial score (nSPS) is 12.3. The van der Waals surface area contributed by atoms with E-state index in [0.717, 1.165) is 62.7 Å². The van der Waals surface area contributed by atoms with Crippen molar-refractivity contribution in [2.45, 2.75) is 78.1 Å². The van der Waals surface area contributed by atoms with Crippen molar-refractivity contribution in [3.05, 3.63) is 61.6 Å². The lowest BCUT2D eigenvalue weighted by Gasteiger charge is -2.06. The molecule has 212 valence electrons. The smallest absolute Gasteiger partial charge is 0.179 e. The van der Waals surface area contributed by atoms with E-state index in [9.17, 15) is 29.8 Å². The van der Waals surface area contributed by atoms with Crippen LogP contribution in [-0.2, 0) is 12.8 Å². The van der Waals surface area contributed by atoms with Crippen LogP contribution in [-0.4, -0.2) is 0 Å². The van der Waals surface area contributed by atoms with Gasteiger partial charge in [-0.2, -0.15) is 21.0 Å². The summed E-state index contributed by atoms with van der Waals surface area (Å²) < 4.78 is 60.4. The molecular weight excluding hydrogens is 589 g/mol. The number of unbranched alkanes of at least 4 members (excludes halogenated alkanes) is 6. The van der Waals surface area contributed by atoms with Crippen molar-refractivity contribution in [2.75, 3.05) is 0 Å². The fraction of sp³-hybridized carbons (Fsp3) is 0.400. The molecular formula is C30H26F4N4S3. The van der Waals surface area contributed by atoms with Crippen LogP contribution in [0.1, 0.15) is 76.3 Å². The fourth-order valence-electron chi connectivity index (χ4n) is 4.50. The average molecular weight is 615 g/mol. The molecule has 0 spiro atoms. The summed E-state index contributed by atoms with van der Waals surface area (Å²) in [5.74, 6) is -4.98. The van der Waals surface area contributed by atoms with Gasteiger partial charge in [-0.1, -0.05) is 52.4 Å². The molecule has 11 heteroatoms. The lowest BCUT2D eigenvalue weighted by Crippen LogP contribution is -2.03. The number of hydrogen-bond acceptors (Lipinski definition) is 7. The Morgan fingerprint density at radius 2 is 0.878 bits per heavy atom. The molecule has 3 rings (SSSR count). The van der Waals surface area contributed by atoms with Crippen LogP contribution < -0.4 is 9.06 Å². The predicted octanol–water partition coefficient (Wildman–Crippen LogP) is 7.64. The first-order valence-corrected chi connectivity index (χ1v) is 15.7. The largest absolute Gasteiger partial charge is 0.202 e. The quantitative estimate of drug-likeness (QED) is 0.173. The molecule has 3 aromatic heterocycles. The number of nitrogens with zero attached hydrogens (tertiary/aromatic N) is 4. The van der Waals surface area contributed by atoms with Crippen LogP contribution in [0.25, 0.3) is 11.1 Å². The third-order valence-electron chi connectivity index (χ3n) is 6.58. The SMILES string of the molecule is CCCCCCc1c(CCCCCC)/c(=c2\sc(=C(C#N)C#N)c(F)c2F)s/c1=c1\sc(=C(C#N)C#N)c(F)c1F. The van der Waals surface area contributed by atoms with Crippen molar-refractivity contribution in [1.29, 1.82) is 21.0 Å². The van der Waals surface area contributed by atoms with Gasteiger partial charge >= 0.3 is 0 Å². The molecule has 0 saturated carbocycles. The highest BCUT2D eigenvalue weighted by Crippen LogP contribution is 2.30. The first-order valence-electron chi connectivity index (χ1n) is 13.2. The second-order valence-electron chi connectivity index (χ2n) is 9.31. The predicted molar refractivity (Wildman–Crippen MR) is 152 cm³/mol. The number of nitriles is 4. The minimum atomic E-state index is -1.29. The summed E-state index contributed by atoms with van der Waals surface area (Å²) in [5, 5.41) is 37.1. The van der Waals surface area contributed by atoms with Crippen molar-refractivity contribution in [2.24, 2.45) is 0 Å². The van der Waals surface area contributed by atoms with Gasteiger partial charge in [0.1, 0.15) is 35.4 Å². The van der Waals surface area contributed by atoms with Crippen LogP contribution in [0, 0.1) is 86.7 Å². The molecule has 3 heterocycles. The maximum absolute atomic E-state index is 15.4. The molecule has 0 bridgehead atoms. The molecule has 41 heavy (non-hydrogen) atoms. The van der Waals surface area contributed by atoms with Gasteiger partial charge in [-0.3, -0.25) is 0 Å². The molecule has 0 aliphatic rings. The van der Waals surface area contributed by atoms with Crippen LogP contribution in [0.5, 0.6) is 0 Å². The first-order chi connectivity index (χ1) is 19.8. The maximum atomic E-state index is 15.4. The summed E-state index contributed by atoms with van der Waals surface area (Å²) in [6, 6.07) is 6.41. The molecule has 0 aliphatic carbocycles. The topological polar surface area (TPSA) is 95.2 Å². The Labute approximate surface area is 247 Å².